The quantitative estimate of drug-likeness (QED) is 0.711. The maximum absolute atomic E-state index is 12.6. The Balaban J connectivity index is 1.67. The minimum Gasteiger partial charge on any atom is -0.350 e. The van der Waals surface area contributed by atoms with Crippen LogP contribution in [-0.4, -0.2) is 25.2 Å². The van der Waals surface area contributed by atoms with Gasteiger partial charge < -0.3 is 9.88 Å². The molecule has 1 atom stereocenters. The smallest absolute Gasteiger partial charge is 0.243 e. The van der Waals surface area contributed by atoms with E-state index in [9.17, 15) is 4.79 Å². The highest BCUT2D eigenvalue weighted by molar-refractivity contribution is 5.80. The number of nitrogens with one attached hydrogen (secondary N) is 1. The Morgan fingerprint density at radius 2 is 1.85 bits per heavy atom. The third-order valence-corrected chi connectivity index (χ3v) is 4.47. The Labute approximate surface area is 153 Å². The molecular weight excluding hydrogens is 326 g/mol. The minimum atomic E-state index is -0.298. The predicted molar refractivity (Wildman–Crippen MR) is 101 cm³/mol. The molecule has 0 spiro atoms. The van der Waals surface area contributed by atoms with Crippen LogP contribution in [0, 0.1) is 0 Å². The molecule has 136 valence electrons. The van der Waals surface area contributed by atoms with Crippen LogP contribution >= 0.6 is 0 Å². The fourth-order valence-electron chi connectivity index (χ4n) is 3.01. The van der Waals surface area contributed by atoms with Crippen molar-refractivity contribution in [3.05, 3.63) is 72.1 Å². The molecule has 0 fully saturated rings. The number of nitrogens with zero attached hydrogens (tertiary/aromatic N) is 4. The average Bonchev–Trinajstić information content (AvgIpc) is 3.31. The molecule has 3 aromatic rings. The van der Waals surface area contributed by atoms with Crippen LogP contribution in [0.5, 0.6) is 0 Å². The van der Waals surface area contributed by atoms with Crippen molar-refractivity contribution in [2.75, 3.05) is 0 Å². The SMILES string of the molecule is CC(C)c1nccn1[C@@H](C)C(=O)NCc1ccccc1Cn1cccn1. The zero-order chi connectivity index (χ0) is 18.5. The van der Waals surface area contributed by atoms with Crippen LogP contribution in [0.3, 0.4) is 0 Å². The molecule has 0 aliphatic heterocycles. The molecule has 1 aromatic carbocycles. The largest absolute Gasteiger partial charge is 0.350 e. The Morgan fingerprint density at radius 1 is 1.08 bits per heavy atom. The van der Waals surface area contributed by atoms with Crippen molar-refractivity contribution in [2.45, 2.75) is 45.8 Å². The number of carbonyl (C=O) groups excluding carboxylic acids is 1. The molecule has 0 bridgehead atoms. The predicted octanol–water partition coefficient (Wildman–Crippen LogP) is 3.13. The summed E-state index contributed by atoms with van der Waals surface area (Å²) in [6.07, 6.45) is 7.32. The summed E-state index contributed by atoms with van der Waals surface area (Å²) in [6, 6.07) is 9.72. The molecule has 0 radical (unpaired) electrons. The van der Waals surface area contributed by atoms with E-state index in [-0.39, 0.29) is 17.9 Å². The maximum Gasteiger partial charge on any atom is 0.243 e. The number of amides is 1. The van der Waals surface area contributed by atoms with Gasteiger partial charge in [-0.05, 0) is 24.1 Å². The Bertz CT molecular complexity index is 851. The van der Waals surface area contributed by atoms with E-state index in [2.05, 4.69) is 35.3 Å². The van der Waals surface area contributed by atoms with E-state index in [0.29, 0.717) is 13.1 Å². The number of carbonyl (C=O) groups is 1. The third-order valence-electron chi connectivity index (χ3n) is 4.47. The number of rotatable bonds is 7. The molecule has 0 aliphatic rings. The van der Waals surface area contributed by atoms with E-state index in [1.807, 2.05) is 52.8 Å². The Morgan fingerprint density at radius 3 is 2.54 bits per heavy atom. The third kappa shape index (κ3) is 4.02. The fourth-order valence-corrected chi connectivity index (χ4v) is 3.01. The van der Waals surface area contributed by atoms with Crippen molar-refractivity contribution < 1.29 is 4.79 Å². The van der Waals surface area contributed by atoms with Crippen LogP contribution in [-0.2, 0) is 17.9 Å². The first-order chi connectivity index (χ1) is 12.6. The first-order valence-electron chi connectivity index (χ1n) is 8.91. The second kappa shape index (κ2) is 7.99. The summed E-state index contributed by atoms with van der Waals surface area (Å²) in [5.41, 5.74) is 2.24. The van der Waals surface area contributed by atoms with Gasteiger partial charge in [-0.15, -0.1) is 0 Å². The fraction of sp³-hybridized carbons (Fsp3) is 0.350. The number of aromatic nitrogens is 4. The lowest BCUT2D eigenvalue weighted by Gasteiger charge is -2.18. The molecule has 6 nitrogen and oxygen atoms in total. The first-order valence-corrected chi connectivity index (χ1v) is 8.91. The molecule has 6 heteroatoms. The minimum absolute atomic E-state index is 0.0150. The van der Waals surface area contributed by atoms with Crippen molar-refractivity contribution in [2.24, 2.45) is 0 Å². The van der Waals surface area contributed by atoms with Crippen molar-refractivity contribution >= 4 is 5.91 Å². The van der Waals surface area contributed by atoms with Crippen LogP contribution in [0.2, 0.25) is 0 Å². The monoisotopic (exact) mass is 351 g/mol. The second-order valence-electron chi connectivity index (χ2n) is 6.71. The highest BCUT2D eigenvalue weighted by Gasteiger charge is 2.19. The molecule has 3 rings (SSSR count). The van der Waals surface area contributed by atoms with Crippen LogP contribution < -0.4 is 5.32 Å². The standard InChI is InChI=1S/C20H25N5O/c1-15(2)19-21-10-12-25(19)16(3)20(26)22-13-17-7-4-5-8-18(17)14-24-11-6-9-23-24/h4-12,15-16H,13-14H2,1-3H3,(H,22,26)/t16-/m0/s1. The number of hydrogen-bond acceptors (Lipinski definition) is 3. The molecule has 0 saturated carbocycles. The van der Waals surface area contributed by atoms with Gasteiger partial charge in [-0.1, -0.05) is 38.1 Å². The lowest BCUT2D eigenvalue weighted by Crippen LogP contribution is -2.31. The maximum atomic E-state index is 12.6. The highest BCUT2D eigenvalue weighted by atomic mass is 16.2. The van der Waals surface area contributed by atoms with Gasteiger partial charge in [0.15, 0.2) is 0 Å². The zero-order valence-electron chi connectivity index (χ0n) is 15.5. The second-order valence-corrected chi connectivity index (χ2v) is 6.71. The summed E-state index contributed by atoms with van der Waals surface area (Å²) < 4.78 is 3.82. The van der Waals surface area contributed by atoms with Gasteiger partial charge in [-0.3, -0.25) is 9.48 Å². The summed E-state index contributed by atoms with van der Waals surface area (Å²) >= 11 is 0. The van der Waals surface area contributed by atoms with Crippen molar-refractivity contribution in [3.8, 4) is 0 Å². The van der Waals surface area contributed by atoms with Gasteiger partial charge in [0.2, 0.25) is 5.91 Å². The van der Waals surface area contributed by atoms with Gasteiger partial charge in [-0.2, -0.15) is 5.10 Å². The molecule has 2 aromatic heterocycles. The van der Waals surface area contributed by atoms with E-state index in [1.165, 1.54) is 0 Å². The van der Waals surface area contributed by atoms with Crippen LogP contribution in [0.15, 0.2) is 55.1 Å². The molecule has 1 amide bonds. The van der Waals surface area contributed by atoms with E-state index in [4.69, 9.17) is 0 Å². The summed E-state index contributed by atoms with van der Waals surface area (Å²) in [4.78, 5) is 17.0. The van der Waals surface area contributed by atoms with Gasteiger partial charge in [0.05, 0.1) is 6.54 Å². The summed E-state index contributed by atoms with van der Waals surface area (Å²) in [5.74, 6) is 1.18. The summed E-state index contributed by atoms with van der Waals surface area (Å²) in [6.45, 7) is 7.24. The van der Waals surface area contributed by atoms with Gasteiger partial charge in [-0.25, -0.2) is 4.98 Å². The Kier molecular flexibility index (Phi) is 5.51. The molecule has 1 N–H and O–H groups in total. The van der Waals surface area contributed by atoms with Crippen LogP contribution in [0.25, 0.3) is 0 Å². The lowest BCUT2D eigenvalue weighted by molar-refractivity contribution is -0.124. The normalized spacial score (nSPS) is 12.3. The van der Waals surface area contributed by atoms with Crippen LogP contribution in [0.4, 0.5) is 0 Å². The molecule has 0 unspecified atom stereocenters. The average molecular weight is 351 g/mol. The molecular formula is C20H25N5O. The molecule has 0 saturated heterocycles. The van der Waals surface area contributed by atoms with Crippen molar-refractivity contribution in [3.63, 3.8) is 0 Å². The topological polar surface area (TPSA) is 64.7 Å². The molecule has 0 aliphatic carbocycles. The van der Waals surface area contributed by atoms with E-state index in [1.54, 1.807) is 12.4 Å². The molecule has 2 heterocycles. The zero-order valence-corrected chi connectivity index (χ0v) is 15.5. The molecule has 26 heavy (non-hydrogen) atoms. The van der Waals surface area contributed by atoms with Gasteiger partial charge >= 0.3 is 0 Å². The van der Waals surface area contributed by atoms with Crippen LogP contribution in [0.1, 0.15) is 49.7 Å². The Hall–Kier alpha value is -2.89. The number of imidazole rings is 1. The summed E-state index contributed by atoms with van der Waals surface area (Å²) in [7, 11) is 0. The lowest BCUT2D eigenvalue weighted by atomic mass is 10.1. The van der Waals surface area contributed by atoms with Crippen molar-refractivity contribution in [1.29, 1.82) is 0 Å². The van der Waals surface area contributed by atoms with Gasteiger partial charge in [0.25, 0.3) is 0 Å². The first kappa shape index (κ1) is 17.9. The highest BCUT2D eigenvalue weighted by Crippen LogP contribution is 2.17. The van der Waals surface area contributed by atoms with E-state index in [0.717, 1.165) is 17.0 Å². The van der Waals surface area contributed by atoms with E-state index >= 15 is 0 Å². The summed E-state index contributed by atoms with van der Waals surface area (Å²) in [5, 5.41) is 7.31. The van der Waals surface area contributed by atoms with Gasteiger partial charge in [0, 0.05) is 37.3 Å². The van der Waals surface area contributed by atoms with Crippen molar-refractivity contribution in [1.82, 2.24) is 24.6 Å². The number of hydrogen-bond donors (Lipinski definition) is 1. The number of benzene rings is 1. The van der Waals surface area contributed by atoms with Gasteiger partial charge in [0.1, 0.15) is 11.9 Å². The van der Waals surface area contributed by atoms with E-state index < -0.39 is 0 Å².